The highest BCUT2D eigenvalue weighted by molar-refractivity contribution is 5.11. The fraction of sp³-hybridized carbons (Fsp3) is 0.833. The quantitative estimate of drug-likeness (QED) is 0.585. The molecule has 3 rings (SSSR count). The van der Waals surface area contributed by atoms with Gasteiger partial charge in [-0.3, -0.25) is 4.90 Å². The average molecular weight is 177 g/mol. The van der Waals surface area contributed by atoms with E-state index in [4.69, 9.17) is 0 Å². The van der Waals surface area contributed by atoms with E-state index < -0.39 is 0 Å². The number of rotatable bonds is 2. The first-order valence-corrected chi connectivity index (χ1v) is 5.64. The summed E-state index contributed by atoms with van der Waals surface area (Å²) in [6.07, 6.45) is 4.59. The summed E-state index contributed by atoms with van der Waals surface area (Å²) >= 11 is 0. The first kappa shape index (κ1) is 8.05. The Labute approximate surface area is 80.8 Å². The molecule has 3 fully saturated rings. The molecule has 0 aromatic carbocycles. The number of fused-ring (bicyclic) bond motifs is 5. The molecule has 0 N–H and O–H groups in total. The molecule has 0 radical (unpaired) electrons. The van der Waals surface area contributed by atoms with Gasteiger partial charge in [0.2, 0.25) is 0 Å². The molecule has 3 aliphatic rings. The lowest BCUT2D eigenvalue weighted by Crippen LogP contribution is -2.58. The van der Waals surface area contributed by atoms with Crippen LogP contribution in [0.5, 0.6) is 0 Å². The molecule has 1 saturated heterocycles. The molecule has 4 unspecified atom stereocenters. The largest absolute Gasteiger partial charge is 0.296 e. The second kappa shape index (κ2) is 2.60. The lowest BCUT2D eigenvalue weighted by molar-refractivity contribution is -0.0140. The topological polar surface area (TPSA) is 3.24 Å². The van der Waals surface area contributed by atoms with Gasteiger partial charge >= 0.3 is 0 Å². The third-order valence-electron chi connectivity index (χ3n) is 4.38. The van der Waals surface area contributed by atoms with Crippen LogP contribution in [0.25, 0.3) is 0 Å². The summed E-state index contributed by atoms with van der Waals surface area (Å²) in [4.78, 5) is 2.66. The highest BCUT2D eigenvalue weighted by Gasteiger charge is 2.55. The summed E-state index contributed by atoms with van der Waals surface area (Å²) in [6, 6.07) is 0.968. The van der Waals surface area contributed by atoms with E-state index in [-0.39, 0.29) is 0 Å². The Bertz CT molecular complexity index is 244. The molecule has 1 heterocycles. The van der Waals surface area contributed by atoms with Crippen LogP contribution in [-0.4, -0.2) is 24.0 Å². The molecule has 2 aliphatic carbocycles. The molecule has 4 atom stereocenters. The molecule has 72 valence electrons. The van der Waals surface area contributed by atoms with Crippen molar-refractivity contribution in [3.8, 4) is 0 Å². The van der Waals surface area contributed by atoms with Crippen molar-refractivity contribution in [2.24, 2.45) is 17.8 Å². The lowest BCUT2D eigenvalue weighted by atomic mass is 9.77. The third kappa shape index (κ3) is 1.03. The van der Waals surface area contributed by atoms with Gasteiger partial charge in [-0.1, -0.05) is 12.2 Å². The van der Waals surface area contributed by atoms with E-state index in [2.05, 4.69) is 18.4 Å². The Kier molecular flexibility index (Phi) is 1.61. The summed E-state index contributed by atoms with van der Waals surface area (Å²) < 4.78 is 0. The second-order valence-electron chi connectivity index (χ2n) is 5.37. The van der Waals surface area contributed by atoms with Gasteiger partial charge < -0.3 is 0 Å². The molecule has 2 bridgehead atoms. The molecule has 2 saturated carbocycles. The van der Waals surface area contributed by atoms with Gasteiger partial charge in [-0.15, -0.1) is 0 Å². The molecule has 0 amide bonds. The van der Waals surface area contributed by atoms with Crippen LogP contribution in [0.3, 0.4) is 0 Å². The predicted molar refractivity (Wildman–Crippen MR) is 54.5 cm³/mol. The molecular formula is C12H19N. The lowest BCUT2D eigenvalue weighted by Gasteiger charge is -2.51. The maximum Gasteiger partial charge on any atom is 0.0190 e. The van der Waals surface area contributed by atoms with Crippen LogP contribution in [0, 0.1) is 17.8 Å². The zero-order chi connectivity index (χ0) is 9.00. The smallest absolute Gasteiger partial charge is 0.0190 e. The fourth-order valence-corrected chi connectivity index (χ4v) is 3.98. The summed E-state index contributed by atoms with van der Waals surface area (Å²) in [6.45, 7) is 8.70. The van der Waals surface area contributed by atoms with Crippen LogP contribution in [0.4, 0.5) is 0 Å². The minimum atomic E-state index is 0.968. The number of nitrogens with zero attached hydrogens (tertiary/aromatic N) is 1. The molecule has 0 aromatic heterocycles. The minimum Gasteiger partial charge on any atom is -0.296 e. The van der Waals surface area contributed by atoms with Gasteiger partial charge in [0.15, 0.2) is 0 Å². The molecule has 1 nitrogen and oxygen atoms in total. The minimum absolute atomic E-state index is 0.968. The van der Waals surface area contributed by atoms with Crippen LogP contribution in [0.15, 0.2) is 12.2 Å². The molecule has 1 aliphatic heterocycles. The molecule has 0 aromatic rings. The fourth-order valence-electron chi connectivity index (χ4n) is 3.98. The summed E-state index contributed by atoms with van der Waals surface area (Å²) in [5.74, 6) is 3.25. The Balaban J connectivity index is 1.69. The van der Waals surface area contributed by atoms with Gasteiger partial charge in [-0.05, 0) is 43.9 Å². The Morgan fingerprint density at radius 3 is 2.85 bits per heavy atom. The van der Waals surface area contributed by atoms with E-state index in [0.29, 0.717) is 0 Å². The van der Waals surface area contributed by atoms with Crippen molar-refractivity contribution in [3.63, 3.8) is 0 Å². The van der Waals surface area contributed by atoms with Gasteiger partial charge in [0.25, 0.3) is 0 Å². The zero-order valence-corrected chi connectivity index (χ0v) is 8.50. The first-order valence-electron chi connectivity index (χ1n) is 5.64. The second-order valence-corrected chi connectivity index (χ2v) is 5.37. The van der Waals surface area contributed by atoms with E-state index in [0.717, 1.165) is 30.3 Å². The third-order valence-corrected chi connectivity index (χ3v) is 4.38. The van der Waals surface area contributed by atoms with Gasteiger partial charge in [-0.2, -0.15) is 0 Å². The SMILES string of the molecule is C=C(C)CN1CC2C3CCC(C3)C21. The van der Waals surface area contributed by atoms with Crippen LogP contribution in [0.1, 0.15) is 26.2 Å². The van der Waals surface area contributed by atoms with Crippen molar-refractivity contribution in [1.29, 1.82) is 0 Å². The Morgan fingerprint density at radius 2 is 2.15 bits per heavy atom. The van der Waals surface area contributed by atoms with Crippen molar-refractivity contribution < 1.29 is 0 Å². The molecule has 1 heteroatoms. The normalized spacial score (nSPS) is 47.5. The highest BCUT2D eigenvalue weighted by Crippen LogP contribution is 2.55. The standard InChI is InChI=1S/C12H19N/c1-8(2)6-13-7-11-9-3-4-10(5-9)12(11)13/h9-12H,1,3-7H2,2H3. The van der Waals surface area contributed by atoms with Crippen LogP contribution in [-0.2, 0) is 0 Å². The number of hydrogen-bond acceptors (Lipinski definition) is 1. The summed E-state index contributed by atoms with van der Waals surface area (Å²) in [5.41, 5.74) is 1.33. The number of hydrogen-bond donors (Lipinski definition) is 0. The van der Waals surface area contributed by atoms with Crippen LogP contribution in [0.2, 0.25) is 0 Å². The van der Waals surface area contributed by atoms with Gasteiger partial charge in [0, 0.05) is 19.1 Å². The Morgan fingerprint density at radius 1 is 1.38 bits per heavy atom. The van der Waals surface area contributed by atoms with Crippen molar-refractivity contribution >= 4 is 0 Å². The van der Waals surface area contributed by atoms with Crippen molar-refractivity contribution in [1.82, 2.24) is 4.90 Å². The van der Waals surface area contributed by atoms with Crippen molar-refractivity contribution in [2.45, 2.75) is 32.2 Å². The maximum atomic E-state index is 4.01. The van der Waals surface area contributed by atoms with E-state index in [9.17, 15) is 0 Å². The predicted octanol–water partition coefficient (Wildman–Crippen LogP) is 2.29. The van der Waals surface area contributed by atoms with Crippen molar-refractivity contribution in [2.75, 3.05) is 13.1 Å². The van der Waals surface area contributed by atoms with E-state index >= 15 is 0 Å². The average Bonchev–Trinajstić information content (AvgIpc) is 2.54. The van der Waals surface area contributed by atoms with E-state index in [1.54, 1.807) is 6.42 Å². The summed E-state index contributed by atoms with van der Waals surface area (Å²) in [7, 11) is 0. The van der Waals surface area contributed by atoms with Crippen LogP contribution < -0.4 is 0 Å². The van der Waals surface area contributed by atoms with Crippen LogP contribution >= 0.6 is 0 Å². The first-order chi connectivity index (χ1) is 6.25. The van der Waals surface area contributed by atoms with Crippen molar-refractivity contribution in [3.05, 3.63) is 12.2 Å². The maximum absolute atomic E-state index is 4.01. The molecule has 13 heavy (non-hydrogen) atoms. The van der Waals surface area contributed by atoms with Gasteiger partial charge in [0.05, 0.1) is 0 Å². The monoisotopic (exact) mass is 177 g/mol. The van der Waals surface area contributed by atoms with E-state index in [1.165, 1.54) is 25.0 Å². The number of likely N-dealkylation sites (tertiary alicyclic amines) is 1. The zero-order valence-electron chi connectivity index (χ0n) is 8.50. The summed E-state index contributed by atoms with van der Waals surface area (Å²) in [5, 5.41) is 0. The van der Waals surface area contributed by atoms with E-state index in [1.807, 2.05) is 0 Å². The molecule has 0 spiro atoms. The highest BCUT2D eigenvalue weighted by atomic mass is 15.2. The van der Waals surface area contributed by atoms with Gasteiger partial charge in [-0.25, -0.2) is 0 Å². The Hall–Kier alpha value is -0.300. The van der Waals surface area contributed by atoms with Gasteiger partial charge in [0.1, 0.15) is 0 Å². The molecular weight excluding hydrogens is 158 g/mol.